The van der Waals surface area contributed by atoms with E-state index in [1.165, 1.54) is 5.56 Å². The summed E-state index contributed by atoms with van der Waals surface area (Å²) >= 11 is 9.64. The minimum absolute atomic E-state index is 0.635. The zero-order valence-electron chi connectivity index (χ0n) is 10.3. The Morgan fingerprint density at radius 1 is 1.00 bits per heavy atom. The number of halogens is 2. The molecule has 0 N–H and O–H groups in total. The summed E-state index contributed by atoms with van der Waals surface area (Å²) in [7, 11) is 0. The van der Waals surface area contributed by atoms with E-state index in [0.717, 1.165) is 22.2 Å². The van der Waals surface area contributed by atoms with Crippen molar-refractivity contribution in [2.45, 2.75) is 19.2 Å². The summed E-state index contributed by atoms with van der Waals surface area (Å²) in [5.41, 5.74) is 3.45. The molecule has 0 atom stereocenters. The van der Waals surface area contributed by atoms with E-state index < -0.39 is 0 Å². The number of rotatable bonds is 3. The Balaban J connectivity index is 2.33. The highest BCUT2D eigenvalue weighted by Crippen LogP contribution is 2.32. The molecule has 0 radical (unpaired) electrons. The first kappa shape index (κ1) is 13.4. The number of ether oxygens (including phenoxy) is 1. The standard InChI is InChI=1S/C15H14BrClO/c1-10-3-5-14(12(7-10)9-16)18-15-6-4-11(2)8-13(15)17/h3-8H,9H2,1-2H3. The molecule has 0 unspecified atom stereocenters. The lowest BCUT2D eigenvalue weighted by Crippen LogP contribution is -1.91. The highest BCUT2D eigenvalue weighted by Gasteiger charge is 2.07. The number of aryl methyl sites for hydroxylation is 2. The van der Waals surface area contributed by atoms with E-state index in [0.29, 0.717) is 10.8 Å². The fraction of sp³-hybridized carbons (Fsp3) is 0.200. The van der Waals surface area contributed by atoms with E-state index in [-0.39, 0.29) is 0 Å². The Morgan fingerprint density at radius 3 is 2.22 bits per heavy atom. The van der Waals surface area contributed by atoms with Crippen LogP contribution in [0, 0.1) is 13.8 Å². The van der Waals surface area contributed by atoms with Crippen LogP contribution in [0.2, 0.25) is 5.02 Å². The molecule has 3 heteroatoms. The molecule has 0 aliphatic rings. The SMILES string of the molecule is Cc1ccc(Oc2ccc(C)cc2CBr)c(Cl)c1. The summed E-state index contributed by atoms with van der Waals surface area (Å²) in [5, 5.41) is 1.39. The van der Waals surface area contributed by atoms with Crippen molar-refractivity contribution in [3.05, 3.63) is 58.1 Å². The lowest BCUT2D eigenvalue weighted by atomic mass is 10.1. The Bertz CT molecular complexity index is 566. The molecule has 0 fully saturated rings. The molecule has 1 nitrogen and oxygen atoms in total. The van der Waals surface area contributed by atoms with Crippen LogP contribution in [0.5, 0.6) is 11.5 Å². The average Bonchev–Trinajstić information content (AvgIpc) is 2.34. The van der Waals surface area contributed by atoms with Gasteiger partial charge in [0.05, 0.1) is 5.02 Å². The molecule has 0 amide bonds. The molecule has 94 valence electrons. The summed E-state index contributed by atoms with van der Waals surface area (Å²) in [6.45, 7) is 4.07. The van der Waals surface area contributed by atoms with Gasteiger partial charge in [0.1, 0.15) is 11.5 Å². The molecule has 0 saturated carbocycles. The first-order valence-corrected chi connectivity index (χ1v) is 7.19. The number of alkyl halides is 1. The first-order chi connectivity index (χ1) is 8.60. The monoisotopic (exact) mass is 324 g/mol. The Hall–Kier alpha value is -0.990. The van der Waals surface area contributed by atoms with Crippen LogP contribution in [-0.4, -0.2) is 0 Å². The van der Waals surface area contributed by atoms with Gasteiger partial charge in [-0.25, -0.2) is 0 Å². The van der Waals surface area contributed by atoms with Crippen molar-refractivity contribution in [1.29, 1.82) is 0 Å². The minimum Gasteiger partial charge on any atom is -0.455 e. The molecule has 2 rings (SSSR count). The van der Waals surface area contributed by atoms with Crippen molar-refractivity contribution >= 4 is 27.5 Å². The number of hydrogen-bond acceptors (Lipinski definition) is 1. The van der Waals surface area contributed by atoms with Gasteiger partial charge in [0.2, 0.25) is 0 Å². The Kier molecular flexibility index (Phi) is 4.31. The van der Waals surface area contributed by atoms with Crippen molar-refractivity contribution in [1.82, 2.24) is 0 Å². The zero-order valence-corrected chi connectivity index (χ0v) is 12.7. The van der Waals surface area contributed by atoms with E-state index in [2.05, 4.69) is 28.9 Å². The van der Waals surface area contributed by atoms with Crippen LogP contribution in [0.4, 0.5) is 0 Å². The third kappa shape index (κ3) is 3.06. The largest absolute Gasteiger partial charge is 0.455 e. The third-order valence-corrected chi connectivity index (χ3v) is 3.57. The maximum atomic E-state index is 6.17. The quantitative estimate of drug-likeness (QED) is 0.663. The van der Waals surface area contributed by atoms with Crippen LogP contribution in [-0.2, 0) is 5.33 Å². The van der Waals surface area contributed by atoms with Gasteiger partial charge in [-0.15, -0.1) is 0 Å². The van der Waals surface area contributed by atoms with Gasteiger partial charge in [-0.1, -0.05) is 51.3 Å². The smallest absolute Gasteiger partial charge is 0.146 e. The van der Waals surface area contributed by atoms with Gasteiger partial charge < -0.3 is 4.74 Å². The minimum atomic E-state index is 0.635. The predicted octanol–water partition coefficient (Wildman–Crippen LogP) is 5.64. The van der Waals surface area contributed by atoms with Crippen molar-refractivity contribution in [2.75, 3.05) is 0 Å². The molecular formula is C15H14BrClO. The summed E-state index contributed by atoms with van der Waals surface area (Å²) in [6, 6.07) is 11.9. The summed E-state index contributed by atoms with van der Waals surface area (Å²) in [6.07, 6.45) is 0. The van der Waals surface area contributed by atoms with Crippen molar-refractivity contribution < 1.29 is 4.74 Å². The normalized spacial score (nSPS) is 10.4. The molecule has 0 saturated heterocycles. The first-order valence-electron chi connectivity index (χ1n) is 5.69. The van der Waals surface area contributed by atoms with Gasteiger partial charge >= 0.3 is 0 Å². The van der Waals surface area contributed by atoms with E-state index in [1.807, 2.05) is 37.3 Å². The maximum absolute atomic E-state index is 6.17. The van der Waals surface area contributed by atoms with E-state index in [4.69, 9.17) is 16.3 Å². The predicted molar refractivity (Wildman–Crippen MR) is 80.1 cm³/mol. The van der Waals surface area contributed by atoms with Crippen LogP contribution in [0.1, 0.15) is 16.7 Å². The summed E-state index contributed by atoms with van der Waals surface area (Å²) in [5.74, 6) is 1.52. The van der Waals surface area contributed by atoms with Gasteiger partial charge in [0, 0.05) is 10.9 Å². The van der Waals surface area contributed by atoms with Crippen molar-refractivity contribution in [3.63, 3.8) is 0 Å². The van der Waals surface area contributed by atoms with E-state index in [1.54, 1.807) is 0 Å². The highest BCUT2D eigenvalue weighted by atomic mass is 79.9. The Morgan fingerprint density at radius 2 is 1.61 bits per heavy atom. The highest BCUT2D eigenvalue weighted by molar-refractivity contribution is 9.08. The van der Waals surface area contributed by atoms with Crippen LogP contribution in [0.25, 0.3) is 0 Å². The fourth-order valence-corrected chi connectivity index (χ4v) is 2.43. The van der Waals surface area contributed by atoms with E-state index in [9.17, 15) is 0 Å². The van der Waals surface area contributed by atoms with Gasteiger partial charge in [0.25, 0.3) is 0 Å². The van der Waals surface area contributed by atoms with Crippen molar-refractivity contribution in [3.8, 4) is 11.5 Å². The van der Waals surface area contributed by atoms with Crippen molar-refractivity contribution in [2.24, 2.45) is 0 Å². The second-order valence-corrected chi connectivity index (χ2v) is 5.25. The summed E-state index contributed by atoms with van der Waals surface area (Å²) in [4.78, 5) is 0. The molecule has 0 aliphatic heterocycles. The van der Waals surface area contributed by atoms with Crippen LogP contribution in [0.15, 0.2) is 36.4 Å². The molecule has 2 aromatic rings. The molecule has 0 heterocycles. The maximum Gasteiger partial charge on any atom is 0.146 e. The lowest BCUT2D eigenvalue weighted by Gasteiger charge is -2.12. The molecule has 0 aliphatic carbocycles. The van der Waals surface area contributed by atoms with Gasteiger partial charge in [-0.05, 0) is 37.6 Å². The third-order valence-electron chi connectivity index (χ3n) is 2.67. The molecule has 2 aromatic carbocycles. The summed E-state index contributed by atoms with van der Waals surface area (Å²) < 4.78 is 5.88. The topological polar surface area (TPSA) is 9.23 Å². The van der Waals surface area contributed by atoms with Crippen LogP contribution >= 0.6 is 27.5 Å². The van der Waals surface area contributed by atoms with Gasteiger partial charge in [-0.3, -0.25) is 0 Å². The molecule has 0 spiro atoms. The fourth-order valence-electron chi connectivity index (χ4n) is 1.72. The molecule has 0 bridgehead atoms. The molecule has 0 aromatic heterocycles. The van der Waals surface area contributed by atoms with Gasteiger partial charge in [-0.2, -0.15) is 0 Å². The molecular weight excluding hydrogens is 312 g/mol. The molecule has 18 heavy (non-hydrogen) atoms. The Labute approximate surface area is 121 Å². The number of hydrogen-bond donors (Lipinski definition) is 0. The van der Waals surface area contributed by atoms with Crippen LogP contribution in [0.3, 0.4) is 0 Å². The average molecular weight is 326 g/mol. The zero-order chi connectivity index (χ0) is 13.1. The van der Waals surface area contributed by atoms with E-state index >= 15 is 0 Å². The lowest BCUT2D eigenvalue weighted by molar-refractivity contribution is 0.478. The van der Waals surface area contributed by atoms with Gasteiger partial charge in [0.15, 0.2) is 0 Å². The van der Waals surface area contributed by atoms with Crippen LogP contribution < -0.4 is 4.74 Å². The number of benzene rings is 2. The second kappa shape index (κ2) is 5.77. The second-order valence-electron chi connectivity index (χ2n) is 4.28.